The summed E-state index contributed by atoms with van der Waals surface area (Å²) in [7, 11) is 0. The molecule has 0 aromatic rings. The van der Waals surface area contributed by atoms with Gasteiger partial charge in [-0.1, -0.05) is 13.8 Å². The molecule has 0 aromatic heterocycles. The average molecular weight is 277 g/mol. The highest BCUT2D eigenvalue weighted by atomic mass is 16.5. The van der Waals surface area contributed by atoms with Gasteiger partial charge in [-0.2, -0.15) is 0 Å². The molecular formula is C18H31NO. The van der Waals surface area contributed by atoms with Crippen LogP contribution in [0.25, 0.3) is 0 Å². The topological polar surface area (TPSA) is 35.2 Å². The van der Waals surface area contributed by atoms with Crippen LogP contribution in [-0.4, -0.2) is 19.3 Å². The number of hydrogen-bond donors (Lipinski definition) is 1. The molecule has 0 radical (unpaired) electrons. The van der Waals surface area contributed by atoms with Crippen LogP contribution in [0.3, 0.4) is 0 Å². The van der Waals surface area contributed by atoms with Crippen molar-refractivity contribution in [3.8, 4) is 0 Å². The van der Waals surface area contributed by atoms with E-state index in [1.807, 2.05) is 0 Å². The van der Waals surface area contributed by atoms with Gasteiger partial charge in [0.2, 0.25) is 0 Å². The van der Waals surface area contributed by atoms with E-state index in [0.717, 1.165) is 19.1 Å². The summed E-state index contributed by atoms with van der Waals surface area (Å²) in [6, 6.07) is 0.379. The normalized spacial score (nSPS) is 56.0. The van der Waals surface area contributed by atoms with Gasteiger partial charge in [-0.3, -0.25) is 0 Å². The summed E-state index contributed by atoms with van der Waals surface area (Å²) in [4.78, 5) is 0. The first-order valence-electron chi connectivity index (χ1n) is 8.76. The lowest BCUT2D eigenvalue weighted by atomic mass is 9.38. The van der Waals surface area contributed by atoms with Crippen LogP contribution in [-0.2, 0) is 4.74 Å². The minimum absolute atomic E-state index is 0.379. The molecule has 2 heteroatoms. The number of ether oxygens (including phenoxy) is 1. The summed E-state index contributed by atoms with van der Waals surface area (Å²) < 4.78 is 5.74. The maximum atomic E-state index is 6.89. The first-order chi connectivity index (χ1) is 9.42. The highest BCUT2D eigenvalue weighted by Gasteiger charge is 2.62. The standard InChI is InChI=1S/C18H31NO/c1-16-6-13-7-17(2,10-16)12-18(8-13,11-16)15(19)14-4-3-5-20-9-14/h13-15H,3-12,19H2,1-2H3. The molecule has 2 nitrogen and oxygen atoms in total. The van der Waals surface area contributed by atoms with Crippen LogP contribution < -0.4 is 5.73 Å². The Morgan fingerprint density at radius 1 is 1.05 bits per heavy atom. The molecule has 1 saturated heterocycles. The van der Waals surface area contributed by atoms with Crippen LogP contribution in [0.2, 0.25) is 0 Å². The van der Waals surface area contributed by atoms with Gasteiger partial charge < -0.3 is 10.5 Å². The zero-order valence-electron chi connectivity index (χ0n) is 13.3. The van der Waals surface area contributed by atoms with Gasteiger partial charge in [0.1, 0.15) is 0 Å². The van der Waals surface area contributed by atoms with Crippen molar-refractivity contribution in [1.29, 1.82) is 0 Å². The summed E-state index contributed by atoms with van der Waals surface area (Å²) in [5.41, 5.74) is 8.49. The molecule has 0 aromatic carbocycles. The van der Waals surface area contributed by atoms with E-state index in [1.165, 1.54) is 51.4 Å². The van der Waals surface area contributed by atoms with E-state index in [0.29, 0.717) is 28.2 Å². The summed E-state index contributed by atoms with van der Waals surface area (Å²) in [5, 5.41) is 0. The minimum atomic E-state index is 0.379. The molecule has 4 atom stereocenters. The lowest BCUT2D eigenvalue weighted by molar-refractivity contribution is -0.164. The Bertz CT molecular complexity index is 382. The highest BCUT2D eigenvalue weighted by Crippen LogP contribution is 2.70. The van der Waals surface area contributed by atoms with Gasteiger partial charge in [-0.05, 0) is 79.4 Å². The molecule has 5 fully saturated rings. The Morgan fingerprint density at radius 3 is 2.30 bits per heavy atom. The molecule has 0 amide bonds. The molecular weight excluding hydrogens is 246 g/mol. The van der Waals surface area contributed by atoms with E-state index in [1.54, 1.807) is 0 Å². The smallest absolute Gasteiger partial charge is 0.0509 e. The van der Waals surface area contributed by atoms with Crippen molar-refractivity contribution in [3.63, 3.8) is 0 Å². The van der Waals surface area contributed by atoms with Gasteiger partial charge >= 0.3 is 0 Å². The van der Waals surface area contributed by atoms with E-state index in [9.17, 15) is 0 Å². The maximum Gasteiger partial charge on any atom is 0.0509 e. The Kier molecular flexibility index (Phi) is 2.87. The first kappa shape index (κ1) is 13.6. The highest BCUT2D eigenvalue weighted by molar-refractivity contribution is 5.13. The van der Waals surface area contributed by atoms with Crippen molar-refractivity contribution >= 4 is 0 Å². The Hall–Kier alpha value is -0.0800. The predicted molar refractivity (Wildman–Crippen MR) is 81.4 cm³/mol. The van der Waals surface area contributed by atoms with Crippen molar-refractivity contribution in [2.75, 3.05) is 13.2 Å². The van der Waals surface area contributed by atoms with E-state index in [-0.39, 0.29) is 0 Å². The van der Waals surface area contributed by atoms with Crippen LogP contribution >= 0.6 is 0 Å². The third-order valence-electron chi connectivity index (χ3n) is 7.08. The van der Waals surface area contributed by atoms with E-state index in [4.69, 9.17) is 10.5 Å². The van der Waals surface area contributed by atoms with Crippen LogP contribution in [0.15, 0.2) is 0 Å². The molecule has 0 spiro atoms. The van der Waals surface area contributed by atoms with E-state index in [2.05, 4.69) is 13.8 Å². The van der Waals surface area contributed by atoms with Crippen LogP contribution in [0, 0.1) is 28.1 Å². The fraction of sp³-hybridized carbons (Fsp3) is 1.00. The van der Waals surface area contributed by atoms with Crippen LogP contribution in [0.1, 0.15) is 65.2 Å². The fourth-order valence-corrected chi connectivity index (χ4v) is 7.46. The molecule has 5 rings (SSSR count). The van der Waals surface area contributed by atoms with Gasteiger partial charge in [0.15, 0.2) is 0 Å². The molecule has 1 heterocycles. The number of hydrogen-bond acceptors (Lipinski definition) is 2. The lowest BCUT2D eigenvalue weighted by Gasteiger charge is -2.67. The number of nitrogens with two attached hydrogens (primary N) is 1. The maximum absolute atomic E-state index is 6.89. The van der Waals surface area contributed by atoms with Gasteiger partial charge in [0.25, 0.3) is 0 Å². The molecule has 114 valence electrons. The molecule has 4 unspecified atom stereocenters. The molecule has 4 aliphatic carbocycles. The second-order valence-corrected chi connectivity index (χ2v) is 9.50. The van der Waals surface area contributed by atoms with Crippen molar-refractivity contribution in [3.05, 3.63) is 0 Å². The monoisotopic (exact) mass is 277 g/mol. The van der Waals surface area contributed by atoms with Crippen molar-refractivity contribution in [1.82, 2.24) is 0 Å². The summed E-state index contributed by atoms with van der Waals surface area (Å²) in [6.45, 7) is 6.97. The second kappa shape index (κ2) is 4.23. The van der Waals surface area contributed by atoms with Gasteiger partial charge in [-0.15, -0.1) is 0 Å². The second-order valence-electron chi connectivity index (χ2n) is 9.50. The average Bonchev–Trinajstić information content (AvgIpc) is 2.34. The fourth-order valence-electron chi connectivity index (χ4n) is 7.46. The van der Waals surface area contributed by atoms with Crippen LogP contribution in [0.5, 0.6) is 0 Å². The van der Waals surface area contributed by atoms with Gasteiger partial charge in [0, 0.05) is 12.6 Å². The molecule has 4 bridgehead atoms. The third-order valence-corrected chi connectivity index (χ3v) is 7.08. The summed E-state index contributed by atoms with van der Waals surface area (Å²) in [6.07, 6.45) is 11.1. The summed E-state index contributed by atoms with van der Waals surface area (Å²) in [5.74, 6) is 1.57. The summed E-state index contributed by atoms with van der Waals surface area (Å²) >= 11 is 0. The largest absolute Gasteiger partial charge is 0.381 e. The predicted octanol–water partition coefficient (Wildman–Crippen LogP) is 3.74. The van der Waals surface area contributed by atoms with Crippen molar-refractivity contribution in [2.24, 2.45) is 33.8 Å². The zero-order valence-corrected chi connectivity index (χ0v) is 13.3. The van der Waals surface area contributed by atoms with Crippen molar-refractivity contribution in [2.45, 2.75) is 71.3 Å². The number of rotatable bonds is 2. The Balaban J connectivity index is 1.63. The van der Waals surface area contributed by atoms with E-state index >= 15 is 0 Å². The van der Waals surface area contributed by atoms with Crippen molar-refractivity contribution < 1.29 is 4.74 Å². The Labute approximate surface area is 123 Å². The van der Waals surface area contributed by atoms with Gasteiger partial charge in [0.05, 0.1) is 6.61 Å². The lowest BCUT2D eigenvalue weighted by Crippen LogP contribution is -2.62. The van der Waals surface area contributed by atoms with Crippen LogP contribution in [0.4, 0.5) is 0 Å². The van der Waals surface area contributed by atoms with E-state index < -0.39 is 0 Å². The zero-order chi connectivity index (χ0) is 14.0. The quantitative estimate of drug-likeness (QED) is 0.834. The first-order valence-corrected chi connectivity index (χ1v) is 8.76. The minimum Gasteiger partial charge on any atom is -0.381 e. The Morgan fingerprint density at radius 2 is 1.75 bits per heavy atom. The SMILES string of the molecule is CC12CC3CC(C)(C1)CC(C(N)C1CCCOC1)(C3)C2. The molecule has 1 aliphatic heterocycles. The van der Waals surface area contributed by atoms with Gasteiger partial charge in [-0.25, -0.2) is 0 Å². The molecule has 5 aliphatic rings. The molecule has 20 heavy (non-hydrogen) atoms. The molecule has 2 N–H and O–H groups in total. The molecule has 4 saturated carbocycles. The third kappa shape index (κ3) is 1.98.